The maximum Gasteiger partial charge on any atom is 0.233 e. The van der Waals surface area contributed by atoms with E-state index >= 15 is 0 Å². The number of aryl methyl sites for hydroxylation is 1. The molecule has 1 amide bonds. The van der Waals surface area contributed by atoms with Gasteiger partial charge in [0.1, 0.15) is 0 Å². The molecule has 0 N–H and O–H groups in total. The Morgan fingerprint density at radius 2 is 2.26 bits per heavy atom. The summed E-state index contributed by atoms with van der Waals surface area (Å²) < 4.78 is 25.4. The molecular formula is C15H25N3O3S2. The minimum atomic E-state index is -2.99. The van der Waals surface area contributed by atoms with Crippen molar-refractivity contribution in [1.29, 1.82) is 0 Å². The lowest BCUT2D eigenvalue weighted by Crippen LogP contribution is -2.42. The van der Waals surface area contributed by atoms with Crippen molar-refractivity contribution in [3.05, 3.63) is 12.4 Å². The third-order valence-corrected chi connectivity index (χ3v) is 6.80. The average Bonchev–Trinajstić information content (AvgIpc) is 3.11. The molecule has 0 radical (unpaired) electrons. The first-order valence-corrected chi connectivity index (χ1v) is 10.9. The summed E-state index contributed by atoms with van der Waals surface area (Å²) in [6, 6.07) is -0.162. The quantitative estimate of drug-likeness (QED) is 0.662. The van der Waals surface area contributed by atoms with Crippen molar-refractivity contribution in [2.75, 3.05) is 23.8 Å². The van der Waals surface area contributed by atoms with E-state index in [9.17, 15) is 13.2 Å². The highest BCUT2D eigenvalue weighted by atomic mass is 32.2. The molecule has 1 atom stereocenters. The van der Waals surface area contributed by atoms with Gasteiger partial charge in [-0.25, -0.2) is 13.4 Å². The van der Waals surface area contributed by atoms with Crippen molar-refractivity contribution in [3.8, 4) is 0 Å². The molecule has 1 fully saturated rings. The summed E-state index contributed by atoms with van der Waals surface area (Å²) in [5, 5.41) is 0.829. The number of carbonyl (C=O) groups is 1. The van der Waals surface area contributed by atoms with Gasteiger partial charge in [0.25, 0.3) is 0 Å². The third kappa shape index (κ3) is 4.97. The van der Waals surface area contributed by atoms with E-state index in [1.54, 1.807) is 11.1 Å². The minimum Gasteiger partial charge on any atom is -0.338 e. The largest absolute Gasteiger partial charge is 0.338 e. The monoisotopic (exact) mass is 359 g/mol. The summed E-state index contributed by atoms with van der Waals surface area (Å²) in [4.78, 5) is 18.7. The van der Waals surface area contributed by atoms with Gasteiger partial charge < -0.3 is 9.47 Å². The Kier molecular flexibility index (Phi) is 6.52. The van der Waals surface area contributed by atoms with Crippen LogP contribution < -0.4 is 0 Å². The van der Waals surface area contributed by atoms with Crippen LogP contribution in [0.5, 0.6) is 0 Å². The van der Waals surface area contributed by atoms with E-state index < -0.39 is 9.84 Å². The van der Waals surface area contributed by atoms with Gasteiger partial charge in [-0.05, 0) is 19.8 Å². The van der Waals surface area contributed by atoms with Gasteiger partial charge in [-0.2, -0.15) is 0 Å². The van der Waals surface area contributed by atoms with Crippen LogP contribution in [0.1, 0.15) is 33.1 Å². The van der Waals surface area contributed by atoms with Crippen LogP contribution in [0, 0.1) is 0 Å². The lowest BCUT2D eigenvalue weighted by atomic mass is 10.2. The van der Waals surface area contributed by atoms with Crippen molar-refractivity contribution < 1.29 is 13.2 Å². The Morgan fingerprint density at radius 1 is 1.48 bits per heavy atom. The summed E-state index contributed by atoms with van der Waals surface area (Å²) >= 11 is 1.42. The third-order valence-electron chi connectivity index (χ3n) is 4.06. The number of rotatable bonds is 8. The molecule has 0 bridgehead atoms. The van der Waals surface area contributed by atoms with E-state index in [-0.39, 0.29) is 23.5 Å². The molecule has 2 heterocycles. The summed E-state index contributed by atoms with van der Waals surface area (Å²) in [6.07, 6.45) is 6.07. The van der Waals surface area contributed by atoms with Crippen molar-refractivity contribution in [3.63, 3.8) is 0 Å². The summed E-state index contributed by atoms with van der Waals surface area (Å²) in [6.45, 7) is 5.56. The van der Waals surface area contributed by atoms with E-state index in [2.05, 4.69) is 11.9 Å². The zero-order chi connectivity index (χ0) is 16.9. The molecule has 0 saturated carbocycles. The standard InChI is InChI=1S/C15H25N3O3S2/c1-3-5-8-18(13-6-10-23(20,21)12-13)14(19)11-22-15-16-7-9-17(15)4-2/h7,9,13H,3-6,8,10-12H2,1-2H3. The lowest BCUT2D eigenvalue weighted by Gasteiger charge is -2.28. The maximum atomic E-state index is 12.6. The Hall–Kier alpha value is -1.02. The van der Waals surface area contributed by atoms with Gasteiger partial charge in [-0.1, -0.05) is 25.1 Å². The number of amides is 1. The molecule has 1 saturated heterocycles. The molecule has 6 nitrogen and oxygen atoms in total. The highest BCUT2D eigenvalue weighted by Gasteiger charge is 2.34. The molecule has 1 aromatic rings. The highest BCUT2D eigenvalue weighted by molar-refractivity contribution is 7.99. The molecular weight excluding hydrogens is 334 g/mol. The SMILES string of the molecule is CCCCN(C(=O)CSc1nccn1CC)C1CCS(=O)(=O)C1. The fourth-order valence-electron chi connectivity index (χ4n) is 2.75. The van der Waals surface area contributed by atoms with Gasteiger partial charge in [-0.3, -0.25) is 4.79 Å². The lowest BCUT2D eigenvalue weighted by molar-refractivity contribution is -0.130. The molecule has 0 aliphatic carbocycles. The van der Waals surface area contributed by atoms with Gasteiger partial charge in [0.05, 0.1) is 17.3 Å². The Balaban J connectivity index is 1.99. The van der Waals surface area contributed by atoms with Gasteiger partial charge in [0, 0.05) is 31.5 Å². The summed E-state index contributed by atoms with van der Waals surface area (Å²) in [5.74, 6) is 0.616. The highest BCUT2D eigenvalue weighted by Crippen LogP contribution is 2.21. The minimum absolute atomic E-state index is 0.0104. The molecule has 130 valence electrons. The Morgan fingerprint density at radius 3 is 2.87 bits per heavy atom. The first-order valence-electron chi connectivity index (χ1n) is 8.10. The zero-order valence-corrected chi connectivity index (χ0v) is 15.4. The molecule has 1 aliphatic heterocycles. The van der Waals surface area contributed by atoms with Crippen molar-refractivity contribution in [2.45, 2.75) is 50.9 Å². The number of carbonyl (C=O) groups excluding carboxylic acids is 1. The van der Waals surface area contributed by atoms with Crippen LogP contribution in [0.15, 0.2) is 17.6 Å². The van der Waals surface area contributed by atoms with Gasteiger partial charge in [-0.15, -0.1) is 0 Å². The van der Waals surface area contributed by atoms with E-state index in [1.807, 2.05) is 17.7 Å². The normalized spacial score (nSPS) is 19.8. The molecule has 1 unspecified atom stereocenters. The smallest absolute Gasteiger partial charge is 0.233 e. The number of sulfone groups is 1. The fourth-order valence-corrected chi connectivity index (χ4v) is 5.39. The van der Waals surface area contributed by atoms with Crippen LogP contribution in [-0.2, 0) is 21.2 Å². The Bertz CT molecular complexity index is 628. The van der Waals surface area contributed by atoms with Crippen LogP contribution in [0.4, 0.5) is 0 Å². The molecule has 1 aromatic heterocycles. The predicted molar refractivity (Wildman–Crippen MR) is 92.3 cm³/mol. The first kappa shape index (κ1) is 18.3. The second-order valence-electron chi connectivity index (χ2n) is 5.78. The molecule has 0 aromatic carbocycles. The number of thioether (sulfide) groups is 1. The number of nitrogens with zero attached hydrogens (tertiary/aromatic N) is 3. The number of hydrogen-bond acceptors (Lipinski definition) is 5. The van der Waals surface area contributed by atoms with Gasteiger partial charge in [0.2, 0.25) is 5.91 Å². The molecule has 1 aliphatic rings. The summed E-state index contributed by atoms with van der Waals surface area (Å²) in [5.41, 5.74) is 0. The first-order chi connectivity index (χ1) is 11.0. The molecule has 0 spiro atoms. The predicted octanol–water partition coefficient (Wildman–Crippen LogP) is 1.81. The van der Waals surface area contributed by atoms with Crippen LogP contribution in [0.3, 0.4) is 0 Å². The topological polar surface area (TPSA) is 72.3 Å². The van der Waals surface area contributed by atoms with Crippen molar-refractivity contribution in [1.82, 2.24) is 14.5 Å². The van der Waals surface area contributed by atoms with E-state index in [0.717, 1.165) is 24.5 Å². The number of aromatic nitrogens is 2. The van der Waals surface area contributed by atoms with Crippen LogP contribution >= 0.6 is 11.8 Å². The van der Waals surface area contributed by atoms with E-state index in [4.69, 9.17) is 0 Å². The van der Waals surface area contributed by atoms with Crippen LogP contribution in [0.2, 0.25) is 0 Å². The summed E-state index contributed by atoms with van der Waals surface area (Å²) in [7, 11) is -2.99. The van der Waals surface area contributed by atoms with E-state index in [1.165, 1.54) is 11.8 Å². The fraction of sp³-hybridized carbons (Fsp3) is 0.733. The maximum absolute atomic E-state index is 12.6. The van der Waals surface area contributed by atoms with E-state index in [0.29, 0.717) is 18.7 Å². The van der Waals surface area contributed by atoms with Crippen molar-refractivity contribution >= 4 is 27.5 Å². The molecule has 8 heteroatoms. The van der Waals surface area contributed by atoms with Gasteiger partial charge >= 0.3 is 0 Å². The molecule has 2 rings (SSSR count). The average molecular weight is 360 g/mol. The van der Waals surface area contributed by atoms with Gasteiger partial charge in [0.15, 0.2) is 15.0 Å². The molecule has 23 heavy (non-hydrogen) atoms. The second kappa shape index (κ2) is 8.19. The number of imidazole rings is 1. The Labute approximate surface area is 142 Å². The number of unbranched alkanes of at least 4 members (excludes halogenated alkanes) is 1. The van der Waals surface area contributed by atoms with Crippen LogP contribution in [0.25, 0.3) is 0 Å². The zero-order valence-electron chi connectivity index (χ0n) is 13.8. The number of hydrogen-bond donors (Lipinski definition) is 0. The van der Waals surface area contributed by atoms with Crippen LogP contribution in [-0.4, -0.2) is 58.6 Å². The van der Waals surface area contributed by atoms with Crippen molar-refractivity contribution in [2.24, 2.45) is 0 Å². The second-order valence-corrected chi connectivity index (χ2v) is 8.95.